The Hall–Kier alpha value is -1.51. The van der Waals surface area contributed by atoms with E-state index in [4.69, 9.17) is 0 Å². The summed E-state index contributed by atoms with van der Waals surface area (Å²) in [7, 11) is 0. The van der Waals surface area contributed by atoms with Crippen LogP contribution in [0.2, 0.25) is 0 Å². The van der Waals surface area contributed by atoms with Crippen LogP contribution >= 0.6 is 0 Å². The van der Waals surface area contributed by atoms with E-state index in [1.807, 2.05) is 0 Å². The zero-order valence-corrected chi connectivity index (χ0v) is 24.5. The first-order chi connectivity index (χ1) is 18.2. The summed E-state index contributed by atoms with van der Waals surface area (Å²) in [6, 6.07) is 6.42. The van der Waals surface area contributed by atoms with Gasteiger partial charge in [0, 0.05) is 12.1 Å². The summed E-state index contributed by atoms with van der Waals surface area (Å²) in [4.78, 5) is 12.0. The van der Waals surface area contributed by atoms with Crippen LogP contribution in [-0.2, 0) is 0 Å². The maximum absolute atomic E-state index is 12.0. The van der Waals surface area contributed by atoms with Gasteiger partial charge < -0.3 is 10.4 Å². The van der Waals surface area contributed by atoms with Gasteiger partial charge in [-0.1, -0.05) is 161 Å². The molecule has 0 aliphatic heterocycles. The van der Waals surface area contributed by atoms with Crippen molar-refractivity contribution in [1.29, 1.82) is 0 Å². The zero-order valence-electron chi connectivity index (χ0n) is 24.5. The van der Waals surface area contributed by atoms with Crippen molar-refractivity contribution in [1.82, 2.24) is 5.32 Å². The molecular formula is C34H61NO2. The molecule has 0 spiro atoms. The lowest BCUT2D eigenvalue weighted by molar-refractivity contribution is 0.0953. The highest BCUT2D eigenvalue weighted by atomic mass is 16.3. The van der Waals surface area contributed by atoms with E-state index in [-0.39, 0.29) is 11.7 Å². The van der Waals surface area contributed by atoms with Crippen LogP contribution in [0, 0.1) is 0 Å². The molecule has 0 aliphatic rings. The number of aromatic hydroxyl groups is 1. The SMILES string of the molecule is CCCCCCCCCCCCCCCCCCCCCCCCCCCNC(=O)c1ccc(O)cc1. The molecule has 0 saturated heterocycles. The van der Waals surface area contributed by atoms with Crippen molar-refractivity contribution in [2.24, 2.45) is 0 Å². The normalized spacial score (nSPS) is 11.2. The third-order valence-corrected chi connectivity index (χ3v) is 7.70. The summed E-state index contributed by atoms with van der Waals surface area (Å²) < 4.78 is 0. The Kier molecular flexibility index (Phi) is 23.7. The van der Waals surface area contributed by atoms with Crippen molar-refractivity contribution in [2.45, 2.75) is 167 Å². The van der Waals surface area contributed by atoms with Gasteiger partial charge in [0.05, 0.1) is 0 Å². The average molecular weight is 516 g/mol. The van der Waals surface area contributed by atoms with E-state index >= 15 is 0 Å². The molecule has 1 aromatic rings. The van der Waals surface area contributed by atoms with Crippen LogP contribution in [-0.4, -0.2) is 17.6 Å². The minimum atomic E-state index is -0.0515. The molecule has 0 aromatic heterocycles. The van der Waals surface area contributed by atoms with Gasteiger partial charge in [-0.3, -0.25) is 4.79 Å². The van der Waals surface area contributed by atoms with Gasteiger partial charge in [-0.15, -0.1) is 0 Å². The molecule has 3 nitrogen and oxygen atoms in total. The van der Waals surface area contributed by atoms with Gasteiger partial charge in [-0.05, 0) is 30.7 Å². The number of carbonyl (C=O) groups excluding carboxylic acids is 1. The lowest BCUT2D eigenvalue weighted by Crippen LogP contribution is -2.24. The molecule has 3 heteroatoms. The van der Waals surface area contributed by atoms with E-state index in [2.05, 4.69) is 12.2 Å². The topological polar surface area (TPSA) is 49.3 Å². The van der Waals surface area contributed by atoms with Crippen molar-refractivity contribution in [3.05, 3.63) is 29.8 Å². The first-order valence-electron chi connectivity index (χ1n) is 16.3. The van der Waals surface area contributed by atoms with E-state index in [0.717, 1.165) is 13.0 Å². The second-order valence-corrected chi connectivity index (χ2v) is 11.3. The third kappa shape index (κ3) is 22.2. The van der Waals surface area contributed by atoms with E-state index < -0.39 is 0 Å². The van der Waals surface area contributed by atoms with Crippen LogP contribution in [0.4, 0.5) is 0 Å². The number of carbonyl (C=O) groups is 1. The number of phenols is 1. The maximum atomic E-state index is 12.0. The molecule has 1 amide bonds. The number of hydrogen-bond acceptors (Lipinski definition) is 2. The summed E-state index contributed by atoms with van der Waals surface area (Å²) in [5, 5.41) is 12.2. The molecule has 0 bridgehead atoms. The largest absolute Gasteiger partial charge is 0.508 e. The van der Waals surface area contributed by atoms with Crippen LogP contribution in [0.15, 0.2) is 24.3 Å². The summed E-state index contributed by atoms with van der Waals surface area (Å²) in [5.74, 6) is 0.140. The van der Waals surface area contributed by atoms with Crippen LogP contribution in [0.1, 0.15) is 178 Å². The Morgan fingerprint density at radius 3 is 1.14 bits per heavy atom. The van der Waals surface area contributed by atoms with E-state index in [9.17, 15) is 9.90 Å². The lowest BCUT2D eigenvalue weighted by atomic mass is 10.0. The Bertz CT molecular complexity index is 613. The fraction of sp³-hybridized carbons (Fsp3) is 0.794. The van der Waals surface area contributed by atoms with E-state index in [1.54, 1.807) is 24.3 Å². The predicted molar refractivity (Wildman–Crippen MR) is 162 cm³/mol. The highest BCUT2D eigenvalue weighted by Gasteiger charge is 2.04. The monoisotopic (exact) mass is 515 g/mol. The minimum Gasteiger partial charge on any atom is -0.508 e. The van der Waals surface area contributed by atoms with Crippen molar-refractivity contribution in [2.75, 3.05) is 6.54 Å². The molecule has 0 heterocycles. The molecule has 0 unspecified atom stereocenters. The standard InChI is InChI=1S/C34H61NO2/c1-2-3-4-5-6-7-8-9-10-11-12-13-14-15-16-17-18-19-20-21-22-23-24-25-26-31-35-34(37)32-27-29-33(36)30-28-32/h27-30,36H,2-26,31H2,1H3,(H,35,37). The quantitative estimate of drug-likeness (QED) is 0.114. The first kappa shape index (κ1) is 33.5. The van der Waals surface area contributed by atoms with Gasteiger partial charge in [0.1, 0.15) is 5.75 Å². The molecule has 0 atom stereocenters. The van der Waals surface area contributed by atoms with Crippen LogP contribution in [0.25, 0.3) is 0 Å². The third-order valence-electron chi connectivity index (χ3n) is 7.70. The molecule has 214 valence electrons. The lowest BCUT2D eigenvalue weighted by Gasteiger charge is -2.06. The Labute approximate surface area is 230 Å². The second kappa shape index (κ2) is 26.1. The Morgan fingerprint density at radius 2 is 0.811 bits per heavy atom. The van der Waals surface area contributed by atoms with Gasteiger partial charge in [0.15, 0.2) is 0 Å². The molecule has 0 saturated carbocycles. The van der Waals surface area contributed by atoms with Crippen molar-refractivity contribution >= 4 is 5.91 Å². The molecule has 0 fully saturated rings. The van der Waals surface area contributed by atoms with Gasteiger partial charge in [-0.25, -0.2) is 0 Å². The zero-order chi connectivity index (χ0) is 26.7. The van der Waals surface area contributed by atoms with Crippen LogP contribution < -0.4 is 5.32 Å². The number of rotatable bonds is 27. The van der Waals surface area contributed by atoms with Gasteiger partial charge in [0.25, 0.3) is 5.91 Å². The fourth-order valence-corrected chi connectivity index (χ4v) is 5.18. The summed E-state index contributed by atoms with van der Waals surface area (Å²) >= 11 is 0. The highest BCUT2D eigenvalue weighted by Crippen LogP contribution is 2.16. The summed E-state index contributed by atoms with van der Waals surface area (Å²) in [6.07, 6.45) is 35.1. The van der Waals surface area contributed by atoms with Crippen molar-refractivity contribution in [3.63, 3.8) is 0 Å². The molecule has 0 aliphatic carbocycles. The number of amides is 1. The van der Waals surface area contributed by atoms with Gasteiger partial charge >= 0.3 is 0 Å². The highest BCUT2D eigenvalue weighted by molar-refractivity contribution is 5.94. The number of hydrogen-bond donors (Lipinski definition) is 2. The van der Waals surface area contributed by atoms with E-state index in [0.29, 0.717) is 5.56 Å². The number of unbranched alkanes of at least 4 members (excludes halogenated alkanes) is 24. The average Bonchev–Trinajstić information content (AvgIpc) is 2.91. The predicted octanol–water partition coefficient (Wildman–Crippen LogP) is 10.9. The molecule has 1 rings (SSSR count). The van der Waals surface area contributed by atoms with Crippen molar-refractivity contribution < 1.29 is 9.90 Å². The molecule has 1 aromatic carbocycles. The number of nitrogens with one attached hydrogen (secondary N) is 1. The summed E-state index contributed by atoms with van der Waals surface area (Å²) in [6.45, 7) is 3.03. The van der Waals surface area contributed by atoms with Crippen molar-refractivity contribution in [3.8, 4) is 5.75 Å². The van der Waals surface area contributed by atoms with Crippen LogP contribution in [0.5, 0.6) is 5.75 Å². The van der Waals surface area contributed by atoms with Gasteiger partial charge in [-0.2, -0.15) is 0 Å². The number of benzene rings is 1. The van der Waals surface area contributed by atoms with E-state index in [1.165, 1.54) is 154 Å². The van der Waals surface area contributed by atoms with Crippen LogP contribution in [0.3, 0.4) is 0 Å². The Balaban J connectivity index is 1.69. The minimum absolute atomic E-state index is 0.0515. The molecular weight excluding hydrogens is 454 g/mol. The molecule has 0 radical (unpaired) electrons. The molecule has 2 N–H and O–H groups in total. The van der Waals surface area contributed by atoms with Gasteiger partial charge in [0.2, 0.25) is 0 Å². The Morgan fingerprint density at radius 1 is 0.514 bits per heavy atom. The second-order valence-electron chi connectivity index (χ2n) is 11.3. The maximum Gasteiger partial charge on any atom is 0.251 e. The smallest absolute Gasteiger partial charge is 0.251 e. The number of phenolic OH excluding ortho intramolecular Hbond substituents is 1. The summed E-state index contributed by atoms with van der Waals surface area (Å²) in [5.41, 5.74) is 0.609. The fourth-order valence-electron chi connectivity index (χ4n) is 5.18. The first-order valence-corrected chi connectivity index (χ1v) is 16.3. The molecule has 37 heavy (non-hydrogen) atoms.